The first kappa shape index (κ1) is 11.9. The van der Waals surface area contributed by atoms with Gasteiger partial charge in [-0.2, -0.15) is 0 Å². The third kappa shape index (κ3) is 3.46. The molecular formula is C13H18O2. The highest BCUT2D eigenvalue weighted by Gasteiger charge is 2.24. The Balaban J connectivity index is 2.60. The van der Waals surface area contributed by atoms with Gasteiger partial charge in [-0.25, -0.2) is 0 Å². The van der Waals surface area contributed by atoms with Crippen LogP contribution in [0.3, 0.4) is 0 Å². The first-order valence-electron chi connectivity index (χ1n) is 5.33. The maximum absolute atomic E-state index is 11.7. The summed E-state index contributed by atoms with van der Waals surface area (Å²) in [6.07, 6.45) is 7.46. The summed E-state index contributed by atoms with van der Waals surface area (Å²) in [5, 5.41) is 0. The van der Waals surface area contributed by atoms with Crippen LogP contribution in [0, 0.1) is 5.41 Å². The monoisotopic (exact) mass is 206 g/mol. The van der Waals surface area contributed by atoms with Crippen molar-refractivity contribution in [1.82, 2.24) is 0 Å². The van der Waals surface area contributed by atoms with Crippen molar-refractivity contribution in [1.29, 1.82) is 0 Å². The number of allylic oxidation sites excluding steroid dienone is 4. The van der Waals surface area contributed by atoms with E-state index in [1.54, 1.807) is 0 Å². The smallest absolute Gasteiger partial charge is 0.166 e. The van der Waals surface area contributed by atoms with Gasteiger partial charge in [0.15, 0.2) is 5.78 Å². The molecule has 0 N–H and O–H groups in total. The fourth-order valence-corrected chi connectivity index (χ4v) is 1.36. The molecule has 1 aliphatic rings. The van der Waals surface area contributed by atoms with Gasteiger partial charge < -0.3 is 0 Å². The third-order valence-corrected chi connectivity index (χ3v) is 2.53. The number of ketones is 2. The average Bonchev–Trinajstić information content (AvgIpc) is 2.17. The number of rotatable bonds is 3. The first-order chi connectivity index (χ1) is 6.91. The number of carbonyl (C=O) groups is 2. The zero-order valence-corrected chi connectivity index (χ0v) is 9.67. The fourth-order valence-electron chi connectivity index (χ4n) is 1.36. The van der Waals surface area contributed by atoms with Crippen LogP contribution >= 0.6 is 0 Å². The summed E-state index contributed by atoms with van der Waals surface area (Å²) in [4.78, 5) is 23.4. The predicted octanol–water partition coefficient (Wildman–Crippen LogP) is 2.84. The Labute approximate surface area is 91.1 Å². The quantitative estimate of drug-likeness (QED) is 0.665. The molecule has 1 rings (SSSR count). The van der Waals surface area contributed by atoms with Gasteiger partial charge in [-0.05, 0) is 18.4 Å². The zero-order valence-electron chi connectivity index (χ0n) is 9.67. The van der Waals surface area contributed by atoms with Crippen LogP contribution in [-0.2, 0) is 9.59 Å². The Kier molecular flexibility index (Phi) is 3.61. The van der Waals surface area contributed by atoms with E-state index in [0.29, 0.717) is 0 Å². The maximum atomic E-state index is 11.7. The van der Waals surface area contributed by atoms with Crippen molar-refractivity contribution in [3.05, 3.63) is 23.8 Å². The number of hydrogen-bond acceptors (Lipinski definition) is 2. The molecule has 0 aromatic carbocycles. The molecule has 15 heavy (non-hydrogen) atoms. The number of carbonyl (C=O) groups excluding carboxylic acids is 2. The lowest BCUT2D eigenvalue weighted by Gasteiger charge is -2.16. The van der Waals surface area contributed by atoms with Gasteiger partial charge in [0.1, 0.15) is 5.78 Å². The van der Waals surface area contributed by atoms with Crippen LogP contribution in [0.25, 0.3) is 0 Å². The summed E-state index contributed by atoms with van der Waals surface area (Å²) in [7, 11) is 0. The predicted molar refractivity (Wildman–Crippen MR) is 60.5 cm³/mol. The van der Waals surface area contributed by atoms with E-state index in [0.717, 1.165) is 18.4 Å². The van der Waals surface area contributed by atoms with Gasteiger partial charge >= 0.3 is 0 Å². The molecule has 0 radical (unpaired) electrons. The summed E-state index contributed by atoms with van der Waals surface area (Å²) in [5.41, 5.74) is 0.371. The van der Waals surface area contributed by atoms with Crippen LogP contribution in [-0.4, -0.2) is 11.6 Å². The third-order valence-electron chi connectivity index (χ3n) is 2.53. The Morgan fingerprint density at radius 3 is 2.47 bits per heavy atom. The molecule has 0 spiro atoms. The minimum Gasteiger partial charge on any atom is -0.299 e. The topological polar surface area (TPSA) is 34.1 Å². The molecule has 0 bridgehead atoms. The Morgan fingerprint density at radius 1 is 1.33 bits per heavy atom. The summed E-state index contributed by atoms with van der Waals surface area (Å²) < 4.78 is 0. The van der Waals surface area contributed by atoms with Crippen molar-refractivity contribution in [2.75, 3.05) is 0 Å². The largest absolute Gasteiger partial charge is 0.299 e. The van der Waals surface area contributed by atoms with Crippen LogP contribution in [0.2, 0.25) is 0 Å². The van der Waals surface area contributed by atoms with E-state index in [-0.39, 0.29) is 18.0 Å². The standard InChI is InChI=1S/C13H18O2/c1-13(2,3)12(15)9-11(14)10-7-5-4-6-8-10/h4-5,7H,6,8-9H2,1-3H3. The second-order valence-electron chi connectivity index (χ2n) is 4.93. The minimum absolute atomic E-state index is 0.0146. The van der Waals surface area contributed by atoms with Crippen LogP contribution in [0.1, 0.15) is 40.0 Å². The lowest BCUT2D eigenvalue weighted by atomic mass is 9.86. The molecule has 0 unspecified atom stereocenters. The number of hydrogen-bond donors (Lipinski definition) is 0. The van der Waals surface area contributed by atoms with Gasteiger partial charge in [0.2, 0.25) is 0 Å². The highest BCUT2D eigenvalue weighted by atomic mass is 16.1. The molecule has 1 aliphatic carbocycles. The molecule has 0 saturated heterocycles. The highest BCUT2D eigenvalue weighted by Crippen LogP contribution is 2.20. The Bertz CT molecular complexity index is 327. The molecule has 2 heteroatoms. The minimum atomic E-state index is -0.416. The van der Waals surface area contributed by atoms with Gasteiger partial charge in [0, 0.05) is 5.41 Å². The Hall–Kier alpha value is -1.18. The summed E-state index contributed by atoms with van der Waals surface area (Å²) in [6, 6.07) is 0. The van der Waals surface area contributed by atoms with E-state index in [9.17, 15) is 9.59 Å². The van der Waals surface area contributed by atoms with Gasteiger partial charge in [0.05, 0.1) is 6.42 Å². The maximum Gasteiger partial charge on any atom is 0.166 e. The second kappa shape index (κ2) is 4.56. The van der Waals surface area contributed by atoms with Crippen LogP contribution in [0.15, 0.2) is 23.8 Å². The lowest BCUT2D eigenvalue weighted by Crippen LogP contribution is -2.23. The molecule has 0 saturated carbocycles. The first-order valence-corrected chi connectivity index (χ1v) is 5.33. The van der Waals surface area contributed by atoms with E-state index >= 15 is 0 Å². The van der Waals surface area contributed by atoms with Crippen molar-refractivity contribution in [2.24, 2.45) is 5.41 Å². The molecule has 0 aliphatic heterocycles. The van der Waals surface area contributed by atoms with Gasteiger partial charge in [0.25, 0.3) is 0 Å². The molecule has 0 atom stereocenters. The van der Waals surface area contributed by atoms with Gasteiger partial charge in [-0.3, -0.25) is 9.59 Å². The lowest BCUT2D eigenvalue weighted by molar-refractivity contribution is -0.130. The average molecular weight is 206 g/mol. The van der Waals surface area contributed by atoms with Crippen molar-refractivity contribution < 1.29 is 9.59 Å². The van der Waals surface area contributed by atoms with Crippen molar-refractivity contribution in [3.8, 4) is 0 Å². The molecular weight excluding hydrogens is 188 g/mol. The zero-order chi connectivity index (χ0) is 11.5. The summed E-state index contributed by atoms with van der Waals surface area (Å²) >= 11 is 0. The van der Waals surface area contributed by atoms with Gasteiger partial charge in [-0.1, -0.05) is 39.0 Å². The van der Waals surface area contributed by atoms with E-state index in [2.05, 4.69) is 0 Å². The molecule has 0 amide bonds. The van der Waals surface area contributed by atoms with Crippen molar-refractivity contribution >= 4 is 11.6 Å². The Morgan fingerprint density at radius 2 is 2.00 bits per heavy atom. The van der Waals surface area contributed by atoms with Crippen molar-refractivity contribution in [3.63, 3.8) is 0 Å². The molecule has 0 aromatic heterocycles. The summed E-state index contributed by atoms with van der Waals surface area (Å²) in [6.45, 7) is 5.54. The molecule has 0 fully saturated rings. The summed E-state index contributed by atoms with van der Waals surface area (Å²) in [5.74, 6) is 0.00206. The second-order valence-corrected chi connectivity index (χ2v) is 4.93. The molecule has 2 nitrogen and oxygen atoms in total. The molecule has 0 heterocycles. The van der Waals surface area contributed by atoms with E-state index in [1.807, 2.05) is 39.0 Å². The van der Waals surface area contributed by atoms with Gasteiger partial charge in [-0.15, -0.1) is 0 Å². The molecule has 0 aromatic rings. The SMILES string of the molecule is CC(C)(C)C(=O)CC(=O)C1=CC=CCC1. The van der Waals surface area contributed by atoms with E-state index < -0.39 is 5.41 Å². The van der Waals surface area contributed by atoms with Crippen LogP contribution in [0.5, 0.6) is 0 Å². The molecule has 82 valence electrons. The van der Waals surface area contributed by atoms with Crippen molar-refractivity contribution in [2.45, 2.75) is 40.0 Å². The van der Waals surface area contributed by atoms with Crippen LogP contribution < -0.4 is 0 Å². The highest BCUT2D eigenvalue weighted by molar-refractivity contribution is 6.09. The normalized spacial score (nSPS) is 16.1. The van der Waals surface area contributed by atoms with Crippen LogP contribution in [0.4, 0.5) is 0 Å². The fraction of sp³-hybridized carbons (Fsp3) is 0.538. The van der Waals surface area contributed by atoms with E-state index in [4.69, 9.17) is 0 Å². The number of Topliss-reactive ketones (excluding diaryl/α,β-unsaturated/α-hetero) is 2. The van der Waals surface area contributed by atoms with E-state index in [1.165, 1.54) is 0 Å².